The Bertz CT molecular complexity index is 742. The van der Waals surface area contributed by atoms with E-state index in [1.165, 1.54) is 5.69 Å². The number of amides is 1. The first-order valence-electron chi connectivity index (χ1n) is 8.63. The minimum Gasteiger partial charge on any atom is -0.341 e. The molecule has 1 fully saturated rings. The molecule has 0 bridgehead atoms. The number of carbonyl (C=O) groups excluding carboxylic acids is 1. The molecule has 2 aliphatic heterocycles. The van der Waals surface area contributed by atoms with E-state index in [2.05, 4.69) is 25.6 Å². The Labute approximate surface area is 141 Å². The van der Waals surface area contributed by atoms with Crippen molar-refractivity contribution in [2.75, 3.05) is 19.6 Å². The molecule has 0 spiro atoms. The van der Waals surface area contributed by atoms with Crippen LogP contribution in [0.25, 0.3) is 0 Å². The minimum atomic E-state index is -0.163. The van der Waals surface area contributed by atoms with Crippen LogP contribution in [0.15, 0.2) is 18.6 Å². The molecule has 2 aliphatic rings. The van der Waals surface area contributed by atoms with E-state index >= 15 is 0 Å². The number of aromatic nitrogens is 4. The zero-order valence-corrected chi connectivity index (χ0v) is 14.4. The maximum Gasteiger partial charge on any atom is 0.247 e. The normalized spacial score (nSPS) is 21.2. The highest BCUT2D eigenvalue weighted by atomic mass is 16.2. The lowest BCUT2D eigenvalue weighted by atomic mass is 10.1. The molecule has 1 atom stereocenters. The van der Waals surface area contributed by atoms with Crippen LogP contribution >= 0.6 is 0 Å². The molecule has 4 heterocycles. The highest BCUT2D eigenvalue weighted by Crippen LogP contribution is 2.25. The van der Waals surface area contributed by atoms with E-state index < -0.39 is 0 Å². The van der Waals surface area contributed by atoms with Gasteiger partial charge in [-0.25, -0.2) is 4.98 Å². The monoisotopic (exact) mass is 328 g/mol. The first-order chi connectivity index (χ1) is 11.6. The Morgan fingerprint density at radius 2 is 2.12 bits per heavy atom. The summed E-state index contributed by atoms with van der Waals surface area (Å²) >= 11 is 0. The summed E-state index contributed by atoms with van der Waals surface area (Å²) in [6.07, 6.45) is 5.92. The molecule has 0 N–H and O–H groups in total. The number of hydrogen-bond acceptors (Lipinski definition) is 4. The van der Waals surface area contributed by atoms with Gasteiger partial charge in [-0.2, -0.15) is 5.10 Å². The standard InChI is InChI=1S/C17H24N6O/c1-13-7-14(20(2)19-13)9-21-10-15-8-18-12-23(15)16(11-21)17(24)22-5-3-4-6-22/h7-8,12,16H,3-6,9-11H2,1-2H3/t16-/m1/s1. The molecule has 0 aliphatic carbocycles. The van der Waals surface area contributed by atoms with Crippen molar-refractivity contribution in [1.29, 1.82) is 0 Å². The van der Waals surface area contributed by atoms with Crippen molar-refractivity contribution >= 4 is 5.91 Å². The fourth-order valence-corrected chi connectivity index (χ4v) is 3.87. The summed E-state index contributed by atoms with van der Waals surface area (Å²) in [6.45, 7) is 6.12. The summed E-state index contributed by atoms with van der Waals surface area (Å²) in [4.78, 5) is 21.6. The average Bonchev–Trinajstić information content (AvgIpc) is 3.28. The number of hydrogen-bond donors (Lipinski definition) is 0. The van der Waals surface area contributed by atoms with Gasteiger partial charge in [0.05, 0.1) is 23.4 Å². The minimum absolute atomic E-state index is 0.163. The largest absolute Gasteiger partial charge is 0.341 e. The number of rotatable bonds is 3. The molecule has 1 amide bonds. The molecule has 4 rings (SSSR count). The van der Waals surface area contributed by atoms with E-state index in [1.807, 2.05) is 29.7 Å². The van der Waals surface area contributed by atoms with Crippen LogP contribution in [0, 0.1) is 6.92 Å². The van der Waals surface area contributed by atoms with Crippen molar-refractivity contribution in [2.45, 2.75) is 38.9 Å². The van der Waals surface area contributed by atoms with Crippen LogP contribution in [-0.2, 0) is 24.9 Å². The van der Waals surface area contributed by atoms with Gasteiger partial charge in [-0.15, -0.1) is 0 Å². The SMILES string of the molecule is Cc1cc(CN2Cc3cncn3[C@@H](C(=O)N3CCCC3)C2)n(C)n1. The molecule has 0 unspecified atom stereocenters. The average molecular weight is 328 g/mol. The van der Waals surface area contributed by atoms with Crippen LogP contribution in [-0.4, -0.2) is 54.7 Å². The second kappa shape index (κ2) is 6.05. The molecule has 7 nitrogen and oxygen atoms in total. The van der Waals surface area contributed by atoms with Gasteiger partial charge >= 0.3 is 0 Å². The van der Waals surface area contributed by atoms with Crippen molar-refractivity contribution in [3.05, 3.63) is 35.7 Å². The van der Waals surface area contributed by atoms with Crippen LogP contribution in [0.4, 0.5) is 0 Å². The Balaban J connectivity index is 1.56. The van der Waals surface area contributed by atoms with Crippen molar-refractivity contribution < 1.29 is 4.79 Å². The van der Waals surface area contributed by atoms with Crippen molar-refractivity contribution in [3.8, 4) is 0 Å². The highest BCUT2D eigenvalue weighted by Gasteiger charge is 2.34. The quantitative estimate of drug-likeness (QED) is 0.847. The van der Waals surface area contributed by atoms with Gasteiger partial charge in [0.1, 0.15) is 6.04 Å². The molecule has 24 heavy (non-hydrogen) atoms. The lowest BCUT2D eigenvalue weighted by Crippen LogP contribution is -2.45. The topological polar surface area (TPSA) is 59.2 Å². The van der Waals surface area contributed by atoms with Gasteiger partial charge in [-0.3, -0.25) is 14.4 Å². The predicted octanol–water partition coefficient (Wildman–Crippen LogP) is 1.10. The van der Waals surface area contributed by atoms with E-state index in [0.717, 1.165) is 57.0 Å². The number of imidazole rings is 1. The zero-order valence-electron chi connectivity index (χ0n) is 14.4. The number of fused-ring (bicyclic) bond motifs is 1. The first kappa shape index (κ1) is 15.4. The molecule has 2 aromatic heterocycles. The number of likely N-dealkylation sites (tertiary alicyclic amines) is 1. The summed E-state index contributed by atoms with van der Waals surface area (Å²) in [5.41, 5.74) is 3.31. The van der Waals surface area contributed by atoms with Gasteiger partial charge in [0.2, 0.25) is 5.91 Å². The molecular weight excluding hydrogens is 304 g/mol. The predicted molar refractivity (Wildman–Crippen MR) is 89.1 cm³/mol. The van der Waals surface area contributed by atoms with Crippen molar-refractivity contribution in [3.63, 3.8) is 0 Å². The van der Waals surface area contributed by atoms with Crippen molar-refractivity contribution in [2.24, 2.45) is 7.05 Å². The second-order valence-electron chi connectivity index (χ2n) is 6.91. The Kier molecular flexibility index (Phi) is 3.88. The van der Waals surface area contributed by atoms with Gasteiger partial charge in [0, 0.05) is 46.0 Å². The number of carbonyl (C=O) groups is 1. The molecular formula is C17H24N6O. The summed E-state index contributed by atoms with van der Waals surface area (Å²) in [5, 5.41) is 4.43. The lowest BCUT2D eigenvalue weighted by Gasteiger charge is -2.35. The van der Waals surface area contributed by atoms with E-state index in [0.29, 0.717) is 0 Å². The second-order valence-corrected chi connectivity index (χ2v) is 6.91. The van der Waals surface area contributed by atoms with Crippen LogP contribution < -0.4 is 0 Å². The molecule has 0 saturated carbocycles. The Morgan fingerprint density at radius 3 is 2.83 bits per heavy atom. The van der Waals surface area contributed by atoms with Crippen LogP contribution in [0.3, 0.4) is 0 Å². The van der Waals surface area contributed by atoms with Gasteiger partial charge in [0.15, 0.2) is 0 Å². The molecule has 128 valence electrons. The third kappa shape index (κ3) is 2.73. The Hall–Kier alpha value is -2.15. The van der Waals surface area contributed by atoms with Gasteiger partial charge in [-0.05, 0) is 25.8 Å². The molecule has 1 saturated heterocycles. The van der Waals surface area contributed by atoms with Crippen LogP contribution in [0.5, 0.6) is 0 Å². The van der Waals surface area contributed by atoms with Crippen LogP contribution in [0.1, 0.15) is 36.0 Å². The van der Waals surface area contributed by atoms with Crippen molar-refractivity contribution in [1.82, 2.24) is 29.1 Å². The fraction of sp³-hybridized carbons (Fsp3) is 0.588. The van der Waals surface area contributed by atoms with E-state index in [-0.39, 0.29) is 11.9 Å². The summed E-state index contributed by atoms with van der Waals surface area (Å²) in [5.74, 6) is 0.234. The van der Waals surface area contributed by atoms with Gasteiger partial charge in [-0.1, -0.05) is 0 Å². The molecule has 2 aromatic rings. The van der Waals surface area contributed by atoms with Gasteiger partial charge in [0.25, 0.3) is 0 Å². The van der Waals surface area contributed by atoms with Gasteiger partial charge < -0.3 is 9.47 Å². The molecule has 0 aromatic carbocycles. The fourth-order valence-electron chi connectivity index (χ4n) is 3.87. The highest BCUT2D eigenvalue weighted by molar-refractivity contribution is 5.81. The Morgan fingerprint density at radius 1 is 1.33 bits per heavy atom. The number of aryl methyl sites for hydroxylation is 2. The molecule has 0 radical (unpaired) electrons. The van der Waals surface area contributed by atoms with E-state index in [4.69, 9.17) is 0 Å². The maximum absolute atomic E-state index is 13.0. The van der Waals surface area contributed by atoms with E-state index in [9.17, 15) is 4.79 Å². The summed E-state index contributed by atoms with van der Waals surface area (Å²) in [7, 11) is 1.98. The smallest absolute Gasteiger partial charge is 0.247 e. The van der Waals surface area contributed by atoms with Crippen LogP contribution in [0.2, 0.25) is 0 Å². The third-order valence-electron chi connectivity index (χ3n) is 5.09. The lowest BCUT2D eigenvalue weighted by molar-refractivity contribution is -0.135. The summed E-state index contributed by atoms with van der Waals surface area (Å²) < 4.78 is 3.99. The summed E-state index contributed by atoms with van der Waals surface area (Å²) in [6, 6.07) is 1.95. The first-order valence-corrected chi connectivity index (χ1v) is 8.63. The third-order valence-corrected chi connectivity index (χ3v) is 5.09. The van der Waals surface area contributed by atoms with E-state index in [1.54, 1.807) is 6.33 Å². The molecule has 7 heteroatoms. The maximum atomic E-state index is 13.0. The number of nitrogens with zero attached hydrogens (tertiary/aromatic N) is 6. The zero-order chi connectivity index (χ0) is 16.7.